The van der Waals surface area contributed by atoms with E-state index in [1.54, 1.807) is 0 Å². The maximum absolute atomic E-state index is 11.3. The zero-order chi connectivity index (χ0) is 13.1. The molecule has 0 amide bonds. The van der Waals surface area contributed by atoms with Crippen LogP contribution in [0.4, 0.5) is 5.69 Å². The molecule has 17 heavy (non-hydrogen) atoms. The third-order valence-corrected chi connectivity index (χ3v) is 3.03. The van der Waals surface area contributed by atoms with Crippen molar-refractivity contribution >= 4 is 27.5 Å². The Balaban J connectivity index is 2.92. The summed E-state index contributed by atoms with van der Waals surface area (Å²) in [5, 5.41) is 8.40. The van der Waals surface area contributed by atoms with E-state index in [1.165, 1.54) is 31.2 Å². The highest BCUT2D eigenvalue weighted by Gasteiger charge is 2.15. The van der Waals surface area contributed by atoms with Crippen LogP contribution in [0.2, 0.25) is 0 Å². The summed E-state index contributed by atoms with van der Waals surface area (Å²) >= 11 is 0. The highest BCUT2D eigenvalue weighted by Crippen LogP contribution is 2.12. The first kappa shape index (κ1) is 13.2. The van der Waals surface area contributed by atoms with Crippen LogP contribution in [0.25, 0.3) is 0 Å². The number of anilines is 1. The van der Waals surface area contributed by atoms with E-state index in [0.717, 1.165) is 0 Å². The number of carbonyl (C=O) groups excluding carboxylic acids is 1. The fourth-order valence-electron chi connectivity index (χ4n) is 1.18. The molecule has 0 aliphatic rings. The van der Waals surface area contributed by atoms with E-state index in [2.05, 4.69) is 4.72 Å². The van der Waals surface area contributed by atoms with Gasteiger partial charge in [-0.3, -0.25) is 14.3 Å². The molecular formula is C10H11NO5S. The third kappa shape index (κ3) is 4.23. The SMILES string of the molecule is CC(=O)c1cccc(NS(=O)(=O)CC(=O)O)c1. The topological polar surface area (TPSA) is 101 Å². The van der Waals surface area contributed by atoms with Gasteiger partial charge in [0.25, 0.3) is 0 Å². The Morgan fingerprint density at radius 2 is 2.00 bits per heavy atom. The van der Waals surface area contributed by atoms with Crippen molar-refractivity contribution in [3.63, 3.8) is 0 Å². The Bertz CT molecular complexity index is 550. The van der Waals surface area contributed by atoms with E-state index in [4.69, 9.17) is 5.11 Å². The lowest BCUT2D eigenvalue weighted by Gasteiger charge is -2.06. The van der Waals surface area contributed by atoms with Crippen molar-refractivity contribution in [1.29, 1.82) is 0 Å². The molecule has 1 aromatic carbocycles. The van der Waals surface area contributed by atoms with Crippen molar-refractivity contribution < 1.29 is 23.1 Å². The summed E-state index contributed by atoms with van der Waals surface area (Å²) in [6, 6.07) is 5.83. The molecule has 6 nitrogen and oxygen atoms in total. The van der Waals surface area contributed by atoms with E-state index in [-0.39, 0.29) is 11.5 Å². The van der Waals surface area contributed by atoms with Crippen LogP contribution in [0, 0.1) is 0 Å². The minimum Gasteiger partial charge on any atom is -0.480 e. The highest BCUT2D eigenvalue weighted by molar-refractivity contribution is 7.93. The maximum Gasteiger partial charge on any atom is 0.320 e. The number of carbonyl (C=O) groups is 2. The molecule has 0 aliphatic carbocycles. The summed E-state index contributed by atoms with van der Waals surface area (Å²) < 4.78 is 24.7. The van der Waals surface area contributed by atoms with Crippen molar-refractivity contribution in [2.24, 2.45) is 0 Å². The number of aliphatic carboxylic acids is 1. The van der Waals surface area contributed by atoms with Crippen LogP contribution in [0.1, 0.15) is 17.3 Å². The zero-order valence-electron chi connectivity index (χ0n) is 9.00. The van der Waals surface area contributed by atoms with Crippen LogP contribution in [-0.4, -0.2) is 31.0 Å². The number of nitrogens with one attached hydrogen (secondary N) is 1. The van der Waals surface area contributed by atoms with Crippen molar-refractivity contribution in [3.8, 4) is 0 Å². The van der Waals surface area contributed by atoms with Crippen molar-refractivity contribution in [3.05, 3.63) is 29.8 Å². The zero-order valence-corrected chi connectivity index (χ0v) is 9.82. The molecule has 7 heteroatoms. The minimum atomic E-state index is -3.94. The first-order valence-electron chi connectivity index (χ1n) is 4.63. The van der Waals surface area contributed by atoms with Crippen molar-refractivity contribution in [2.75, 3.05) is 10.5 Å². The number of benzene rings is 1. The molecule has 0 bridgehead atoms. The Morgan fingerprint density at radius 3 is 2.53 bits per heavy atom. The van der Waals surface area contributed by atoms with Gasteiger partial charge in [-0.15, -0.1) is 0 Å². The number of hydrogen-bond acceptors (Lipinski definition) is 4. The minimum absolute atomic E-state index is 0.166. The monoisotopic (exact) mass is 257 g/mol. The molecule has 0 aromatic heterocycles. The van der Waals surface area contributed by atoms with Gasteiger partial charge in [0, 0.05) is 11.3 Å². The molecule has 0 atom stereocenters. The lowest BCUT2D eigenvalue weighted by molar-refractivity contribution is -0.134. The van der Waals surface area contributed by atoms with Gasteiger partial charge in [-0.05, 0) is 19.1 Å². The van der Waals surface area contributed by atoms with Gasteiger partial charge < -0.3 is 5.11 Å². The van der Waals surface area contributed by atoms with Gasteiger partial charge in [0.1, 0.15) is 0 Å². The summed E-state index contributed by atoms with van der Waals surface area (Å²) in [7, 11) is -3.94. The van der Waals surface area contributed by atoms with Gasteiger partial charge in [0.2, 0.25) is 10.0 Å². The number of carboxylic acid groups (broad SMARTS) is 1. The van der Waals surface area contributed by atoms with Crippen LogP contribution >= 0.6 is 0 Å². The van der Waals surface area contributed by atoms with Crippen LogP contribution in [0.15, 0.2) is 24.3 Å². The maximum atomic E-state index is 11.3. The van der Waals surface area contributed by atoms with Gasteiger partial charge in [-0.25, -0.2) is 8.42 Å². The van der Waals surface area contributed by atoms with Gasteiger partial charge >= 0.3 is 5.97 Å². The molecular weight excluding hydrogens is 246 g/mol. The highest BCUT2D eigenvalue weighted by atomic mass is 32.2. The lowest BCUT2D eigenvalue weighted by atomic mass is 10.1. The first-order chi connectivity index (χ1) is 7.80. The molecule has 0 radical (unpaired) electrons. The van der Waals surface area contributed by atoms with E-state index < -0.39 is 21.7 Å². The van der Waals surface area contributed by atoms with Gasteiger partial charge in [-0.1, -0.05) is 12.1 Å². The molecule has 1 aromatic rings. The number of ketones is 1. The molecule has 2 N–H and O–H groups in total. The first-order valence-corrected chi connectivity index (χ1v) is 6.29. The Kier molecular flexibility index (Phi) is 3.84. The normalized spacial score (nSPS) is 10.9. The van der Waals surface area contributed by atoms with E-state index in [9.17, 15) is 18.0 Å². The van der Waals surface area contributed by atoms with Gasteiger partial charge in [0.15, 0.2) is 11.5 Å². The van der Waals surface area contributed by atoms with Crippen LogP contribution in [-0.2, 0) is 14.8 Å². The van der Waals surface area contributed by atoms with Crippen LogP contribution < -0.4 is 4.72 Å². The Labute approximate surface area is 98.3 Å². The molecule has 0 spiro atoms. The molecule has 92 valence electrons. The predicted molar refractivity (Wildman–Crippen MR) is 61.5 cm³/mol. The Hall–Kier alpha value is -1.89. The number of hydrogen-bond donors (Lipinski definition) is 2. The van der Waals surface area contributed by atoms with E-state index in [1.807, 2.05) is 0 Å². The number of sulfonamides is 1. The molecule has 0 aliphatic heterocycles. The molecule has 0 heterocycles. The number of Topliss-reactive ketones (excluding diaryl/α,β-unsaturated/α-hetero) is 1. The summed E-state index contributed by atoms with van der Waals surface area (Å²) in [6.45, 7) is 1.35. The van der Waals surface area contributed by atoms with Gasteiger partial charge in [0.05, 0.1) is 0 Å². The quantitative estimate of drug-likeness (QED) is 0.757. The summed E-state index contributed by atoms with van der Waals surface area (Å²) in [5.74, 6) is -2.67. The smallest absolute Gasteiger partial charge is 0.320 e. The van der Waals surface area contributed by atoms with Gasteiger partial charge in [-0.2, -0.15) is 0 Å². The summed E-state index contributed by atoms with van der Waals surface area (Å²) in [4.78, 5) is 21.4. The second-order valence-corrected chi connectivity index (χ2v) is 5.11. The molecule has 0 saturated carbocycles. The average Bonchev–Trinajstić information content (AvgIpc) is 2.14. The van der Waals surface area contributed by atoms with Crippen molar-refractivity contribution in [1.82, 2.24) is 0 Å². The lowest BCUT2D eigenvalue weighted by Crippen LogP contribution is -2.22. The molecule has 0 saturated heterocycles. The summed E-state index contributed by atoms with van der Waals surface area (Å²) in [6.07, 6.45) is 0. The largest absolute Gasteiger partial charge is 0.480 e. The second-order valence-electron chi connectivity index (χ2n) is 3.39. The predicted octanol–water partition coefficient (Wildman–Crippen LogP) is 0.716. The number of carboxylic acids is 1. The van der Waals surface area contributed by atoms with E-state index >= 15 is 0 Å². The second kappa shape index (κ2) is 4.96. The fourth-order valence-corrected chi connectivity index (χ4v) is 2.06. The third-order valence-electron chi connectivity index (χ3n) is 1.86. The van der Waals surface area contributed by atoms with Crippen LogP contribution in [0.3, 0.4) is 0 Å². The fraction of sp³-hybridized carbons (Fsp3) is 0.200. The molecule has 0 fully saturated rings. The molecule has 1 rings (SSSR count). The van der Waals surface area contributed by atoms with Crippen LogP contribution in [0.5, 0.6) is 0 Å². The van der Waals surface area contributed by atoms with Crippen molar-refractivity contribution in [2.45, 2.75) is 6.92 Å². The standard InChI is InChI=1S/C10H11NO5S/c1-7(12)8-3-2-4-9(5-8)11-17(15,16)6-10(13)14/h2-5,11H,6H2,1H3,(H,13,14). The average molecular weight is 257 g/mol. The molecule has 0 unspecified atom stereocenters. The summed E-state index contributed by atoms with van der Waals surface area (Å²) in [5.41, 5.74) is 0.513. The Morgan fingerprint density at radius 1 is 1.35 bits per heavy atom. The number of rotatable bonds is 5. The van der Waals surface area contributed by atoms with E-state index in [0.29, 0.717) is 5.56 Å².